The summed E-state index contributed by atoms with van der Waals surface area (Å²) in [5, 5.41) is 17.0. The van der Waals surface area contributed by atoms with Gasteiger partial charge in [0.15, 0.2) is 0 Å². The van der Waals surface area contributed by atoms with Crippen LogP contribution in [0.4, 0.5) is 0 Å². The zero-order chi connectivity index (χ0) is 9.00. The topological polar surface area (TPSA) is 40.5 Å². The fourth-order valence-corrected chi connectivity index (χ4v) is 0. The minimum Gasteiger partial charge on any atom is -0.391 e. The summed E-state index contributed by atoms with van der Waals surface area (Å²) in [5.41, 5.74) is -1.00. The molecule has 0 atom stereocenters. The molecule has 0 rings (SSSR count). The molecule has 0 aromatic carbocycles. The Morgan fingerprint density at radius 2 is 0.636 bits per heavy atom. The van der Waals surface area contributed by atoms with E-state index in [4.69, 9.17) is 10.2 Å². The summed E-state index contributed by atoms with van der Waals surface area (Å²) in [7, 11) is 0. The van der Waals surface area contributed by atoms with Gasteiger partial charge in [0.1, 0.15) is 0 Å². The second-order valence-corrected chi connectivity index (χ2v) is 4.34. The van der Waals surface area contributed by atoms with Crippen molar-refractivity contribution in [1.82, 2.24) is 0 Å². The molecular weight excluding hydrogens is 229 g/mol. The van der Waals surface area contributed by atoms with Gasteiger partial charge in [0, 0.05) is 19.5 Å². The van der Waals surface area contributed by atoms with Crippen LogP contribution in [0.15, 0.2) is 0 Å². The first kappa shape index (κ1) is 17.6. The van der Waals surface area contributed by atoms with E-state index in [0.29, 0.717) is 0 Å². The summed E-state index contributed by atoms with van der Waals surface area (Å²) in [5.74, 6) is 0. The number of hydrogen-bond donors (Lipinski definition) is 2. The van der Waals surface area contributed by atoms with Crippen LogP contribution in [0, 0.1) is 0 Å². The van der Waals surface area contributed by atoms with Gasteiger partial charge in [-0.25, -0.2) is 0 Å². The van der Waals surface area contributed by atoms with Crippen molar-refractivity contribution < 1.29 is 29.7 Å². The monoisotopic (exact) mass is 250 g/mol. The summed E-state index contributed by atoms with van der Waals surface area (Å²) >= 11 is 0. The Labute approximate surface area is 82.8 Å². The number of aliphatic hydroxyl groups is 2. The van der Waals surface area contributed by atoms with Crippen molar-refractivity contribution in [3.8, 4) is 0 Å². The molecule has 0 heterocycles. The first-order chi connectivity index (χ1) is 4.00. The quantitative estimate of drug-likeness (QED) is 0.640. The summed E-state index contributed by atoms with van der Waals surface area (Å²) in [4.78, 5) is 0. The average molecular weight is 249 g/mol. The average Bonchev–Trinajstić information content (AvgIpc) is 1.12. The van der Waals surface area contributed by atoms with E-state index in [9.17, 15) is 0 Å². The van der Waals surface area contributed by atoms with Crippen LogP contribution >= 0.6 is 0 Å². The van der Waals surface area contributed by atoms with Crippen LogP contribution in [0.3, 0.4) is 0 Å². The zero-order valence-electron chi connectivity index (χ0n) is 8.25. The van der Waals surface area contributed by atoms with Crippen LogP contribution < -0.4 is 0 Å². The van der Waals surface area contributed by atoms with Gasteiger partial charge in [0.05, 0.1) is 11.2 Å². The van der Waals surface area contributed by atoms with Gasteiger partial charge in [0.2, 0.25) is 0 Å². The normalized spacial score (nSPS) is 10.9. The molecule has 0 saturated carbocycles. The van der Waals surface area contributed by atoms with E-state index in [1.54, 1.807) is 41.5 Å². The molecule has 11 heavy (non-hydrogen) atoms. The molecule has 3 heteroatoms. The molecule has 0 unspecified atom stereocenters. The van der Waals surface area contributed by atoms with Crippen LogP contribution in [0.25, 0.3) is 0 Å². The predicted molar refractivity (Wildman–Crippen MR) is 43.9 cm³/mol. The van der Waals surface area contributed by atoms with E-state index in [1.807, 2.05) is 0 Å². The number of rotatable bonds is 0. The molecule has 0 aliphatic carbocycles. The molecule has 2 nitrogen and oxygen atoms in total. The van der Waals surface area contributed by atoms with E-state index in [0.717, 1.165) is 0 Å². The second-order valence-electron chi connectivity index (χ2n) is 4.34. The Bertz CT molecular complexity index is 55.1. The molecule has 0 fully saturated rings. The molecule has 0 aliphatic heterocycles. The minimum absolute atomic E-state index is 0. The maximum atomic E-state index is 8.52. The van der Waals surface area contributed by atoms with Crippen LogP contribution in [0.2, 0.25) is 0 Å². The fraction of sp³-hybridized carbons (Fsp3) is 1.00. The zero-order valence-corrected chi connectivity index (χ0v) is 9.99. The third-order valence-electron chi connectivity index (χ3n) is 0. The van der Waals surface area contributed by atoms with E-state index >= 15 is 0 Å². The first-order valence-corrected chi connectivity index (χ1v) is 3.45. The maximum Gasteiger partial charge on any atom is 0.0563 e. The van der Waals surface area contributed by atoms with Gasteiger partial charge in [0.25, 0.3) is 0 Å². The van der Waals surface area contributed by atoms with Crippen molar-refractivity contribution in [2.45, 2.75) is 52.7 Å². The van der Waals surface area contributed by atoms with Gasteiger partial charge >= 0.3 is 0 Å². The van der Waals surface area contributed by atoms with E-state index < -0.39 is 11.2 Å². The standard InChI is InChI=1S/2C4H10O.Ru/c2*1-4(2,3)5;/h2*5H,1-3H3;. The summed E-state index contributed by atoms with van der Waals surface area (Å²) in [6.07, 6.45) is 0. The Morgan fingerprint density at radius 3 is 0.636 bits per heavy atom. The van der Waals surface area contributed by atoms with Gasteiger partial charge in [-0.05, 0) is 41.5 Å². The summed E-state index contributed by atoms with van der Waals surface area (Å²) in [6.45, 7) is 10.5. The first-order valence-electron chi connectivity index (χ1n) is 3.45. The molecule has 0 amide bonds. The van der Waals surface area contributed by atoms with Gasteiger partial charge in [-0.3, -0.25) is 0 Å². The molecule has 0 aliphatic rings. The summed E-state index contributed by atoms with van der Waals surface area (Å²) in [6, 6.07) is 0. The predicted octanol–water partition coefficient (Wildman–Crippen LogP) is 1.55. The molecule has 72 valence electrons. The third kappa shape index (κ3) is 2610. The molecule has 0 saturated heterocycles. The van der Waals surface area contributed by atoms with E-state index in [-0.39, 0.29) is 19.5 Å². The summed E-state index contributed by atoms with van der Waals surface area (Å²) < 4.78 is 0. The van der Waals surface area contributed by atoms with Crippen molar-refractivity contribution >= 4 is 0 Å². The Balaban J connectivity index is -0.000000107. The second kappa shape index (κ2) is 6.10. The maximum absolute atomic E-state index is 8.52. The molecule has 0 aromatic heterocycles. The number of hydrogen-bond acceptors (Lipinski definition) is 2. The van der Waals surface area contributed by atoms with Crippen LogP contribution in [0.1, 0.15) is 41.5 Å². The minimum atomic E-state index is -0.500. The van der Waals surface area contributed by atoms with E-state index in [1.165, 1.54) is 0 Å². The van der Waals surface area contributed by atoms with Gasteiger partial charge < -0.3 is 10.2 Å². The van der Waals surface area contributed by atoms with Crippen LogP contribution in [-0.2, 0) is 19.5 Å². The van der Waals surface area contributed by atoms with Crippen molar-refractivity contribution in [3.63, 3.8) is 0 Å². The largest absolute Gasteiger partial charge is 0.391 e. The van der Waals surface area contributed by atoms with E-state index in [2.05, 4.69) is 0 Å². The smallest absolute Gasteiger partial charge is 0.0563 e. The van der Waals surface area contributed by atoms with Crippen molar-refractivity contribution in [2.24, 2.45) is 0 Å². The molecule has 0 radical (unpaired) electrons. The van der Waals surface area contributed by atoms with Gasteiger partial charge in [-0.15, -0.1) is 0 Å². The van der Waals surface area contributed by atoms with Crippen LogP contribution in [-0.4, -0.2) is 21.4 Å². The van der Waals surface area contributed by atoms with Gasteiger partial charge in [-0.1, -0.05) is 0 Å². The Kier molecular flexibility index (Phi) is 9.75. The molecule has 0 bridgehead atoms. The molecular formula is C8H20O2Ru. The molecule has 0 aromatic rings. The van der Waals surface area contributed by atoms with Crippen molar-refractivity contribution in [2.75, 3.05) is 0 Å². The third-order valence-corrected chi connectivity index (χ3v) is 0. The fourth-order valence-electron chi connectivity index (χ4n) is 0. The SMILES string of the molecule is CC(C)(C)O.CC(C)(C)O.[Ru]. The van der Waals surface area contributed by atoms with Crippen molar-refractivity contribution in [1.29, 1.82) is 0 Å². The Morgan fingerprint density at radius 1 is 0.636 bits per heavy atom. The van der Waals surface area contributed by atoms with Gasteiger partial charge in [-0.2, -0.15) is 0 Å². The molecule has 0 spiro atoms. The van der Waals surface area contributed by atoms with Crippen molar-refractivity contribution in [3.05, 3.63) is 0 Å². The Hall–Kier alpha value is 0.543. The molecule has 2 N–H and O–H groups in total. The van der Waals surface area contributed by atoms with Crippen LogP contribution in [0.5, 0.6) is 0 Å².